The van der Waals surface area contributed by atoms with Gasteiger partial charge in [0.2, 0.25) is 0 Å². The smallest absolute Gasteiger partial charge is 0.379 e. The highest BCUT2D eigenvalue weighted by Gasteiger charge is 2.32. The number of benzene rings is 1. The van der Waals surface area contributed by atoms with Gasteiger partial charge < -0.3 is 29.5 Å². The molecule has 0 aliphatic carbocycles. The number of amides is 1. The summed E-state index contributed by atoms with van der Waals surface area (Å²) < 4.78 is 49.8. The van der Waals surface area contributed by atoms with E-state index in [1.165, 1.54) is 18.5 Å². The monoisotopic (exact) mass is 562 g/mol. The number of carbonyl (C=O) groups is 1. The second-order valence-electron chi connectivity index (χ2n) is 10.7. The van der Waals surface area contributed by atoms with Crippen molar-refractivity contribution in [2.24, 2.45) is 0 Å². The van der Waals surface area contributed by atoms with E-state index in [0.29, 0.717) is 57.6 Å². The van der Waals surface area contributed by atoms with Crippen LogP contribution in [-0.2, 0) is 15.7 Å². The molecule has 3 aliphatic rings. The topological polar surface area (TPSA) is 83.1 Å². The maximum atomic E-state index is 13.5. The van der Waals surface area contributed by atoms with Gasteiger partial charge in [0, 0.05) is 76.3 Å². The fourth-order valence-corrected chi connectivity index (χ4v) is 5.85. The van der Waals surface area contributed by atoms with Gasteiger partial charge >= 0.3 is 6.18 Å². The van der Waals surface area contributed by atoms with Crippen molar-refractivity contribution in [2.45, 2.75) is 50.6 Å². The van der Waals surface area contributed by atoms with Crippen LogP contribution in [0.2, 0.25) is 0 Å². The summed E-state index contributed by atoms with van der Waals surface area (Å²) in [5.74, 6) is 0.649. The first-order chi connectivity index (χ1) is 19.2. The molecule has 2 aromatic rings. The van der Waals surface area contributed by atoms with Crippen LogP contribution in [0.25, 0.3) is 0 Å². The van der Waals surface area contributed by atoms with E-state index in [2.05, 4.69) is 25.1 Å². The predicted octanol–water partition coefficient (Wildman–Crippen LogP) is 3.13. The highest BCUT2D eigenvalue weighted by molar-refractivity contribution is 5.94. The largest absolute Gasteiger partial charge is 0.416 e. The fraction of sp³-hybridized carbons (Fsp3) is 0.607. The minimum atomic E-state index is -4.35. The predicted molar refractivity (Wildman–Crippen MR) is 145 cm³/mol. The summed E-state index contributed by atoms with van der Waals surface area (Å²) in [7, 11) is 1.72. The lowest BCUT2D eigenvalue weighted by Crippen LogP contribution is -2.54. The van der Waals surface area contributed by atoms with Gasteiger partial charge in [0.05, 0.1) is 18.3 Å². The van der Waals surface area contributed by atoms with E-state index in [4.69, 9.17) is 9.47 Å². The number of alkyl halides is 3. The van der Waals surface area contributed by atoms with Crippen molar-refractivity contribution in [1.29, 1.82) is 0 Å². The molecule has 40 heavy (non-hydrogen) atoms. The molecule has 0 saturated carbocycles. The lowest BCUT2D eigenvalue weighted by atomic mass is 9.99. The molecule has 9 nitrogen and oxygen atoms in total. The second kappa shape index (κ2) is 12.3. The zero-order valence-corrected chi connectivity index (χ0v) is 23.0. The zero-order valence-electron chi connectivity index (χ0n) is 23.0. The third-order valence-corrected chi connectivity index (χ3v) is 8.24. The van der Waals surface area contributed by atoms with Crippen molar-refractivity contribution in [3.8, 4) is 0 Å². The molecule has 1 N–H and O–H groups in total. The molecule has 5 rings (SSSR count). The van der Waals surface area contributed by atoms with Crippen molar-refractivity contribution in [1.82, 2.24) is 20.2 Å². The molecule has 0 bridgehead atoms. The molecule has 0 spiro atoms. The quantitative estimate of drug-likeness (QED) is 0.575. The average Bonchev–Trinajstić information content (AvgIpc) is 2.97. The van der Waals surface area contributed by atoms with Crippen LogP contribution in [0, 0.1) is 6.92 Å². The van der Waals surface area contributed by atoms with Crippen LogP contribution in [0.1, 0.15) is 40.9 Å². The first kappa shape index (κ1) is 28.6. The molecule has 12 heteroatoms. The minimum Gasteiger partial charge on any atom is -0.379 e. The lowest BCUT2D eigenvalue weighted by molar-refractivity contribution is -0.137. The molecule has 0 radical (unpaired) electrons. The number of hydrogen-bond acceptors (Lipinski definition) is 8. The SMILES string of the molecule is COC1COCCC1NC1CCN(C(=O)c2ncnc(N3CCN(c4ccc(C(F)(F)F)cc4)CC3)c2C)CC1. The number of carbonyl (C=O) groups excluding carboxylic acids is 1. The van der Waals surface area contributed by atoms with E-state index in [1.54, 1.807) is 7.11 Å². The summed E-state index contributed by atoms with van der Waals surface area (Å²) in [5, 5.41) is 3.72. The number of hydrogen-bond donors (Lipinski definition) is 1. The minimum absolute atomic E-state index is 0.0484. The molecule has 1 aromatic carbocycles. The van der Waals surface area contributed by atoms with E-state index in [9.17, 15) is 18.0 Å². The highest BCUT2D eigenvalue weighted by atomic mass is 19.4. The number of anilines is 2. The van der Waals surface area contributed by atoms with Crippen LogP contribution in [0.3, 0.4) is 0 Å². The van der Waals surface area contributed by atoms with E-state index >= 15 is 0 Å². The Hall–Kier alpha value is -2.96. The summed E-state index contributed by atoms with van der Waals surface area (Å²) in [6, 6.07) is 5.86. The number of ether oxygens (including phenoxy) is 2. The van der Waals surface area contributed by atoms with Gasteiger partial charge in [-0.2, -0.15) is 13.2 Å². The van der Waals surface area contributed by atoms with Crippen LogP contribution >= 0.6 is 0 Å². The summed E-state index contributed by atoms with van der Waals surface area (Å²) in [4.78, 5) is 28.4. The van der Waals surface area contributed by atoms with Crippen molar-refractivity contribution in [2.75, 3.05) is 69.4 Å². The Kier molecular flexibility index (Phi) is 8.77. The number of nitrogens with zero attached hydrogens (tertiary/aromatic N) is 5. The molecule has 1 amide bonds. The molecule has 1 aromatic heterocycles. The Bertz CT molecular complexity index is 1150. The van der Waals surface area contributed by atoms with Gasteiger partial charge in [0.25, 0.3) is 5.91 Å². The van der Waals surface area contributed by atoms with Gasteiger partial charge in [-0.1, -0.05) is 0 Å². The van der Waals surface area contributed by atoms with Crippen LogP contribution < -0.4 is 15.1 Å². The first-order valence-electron chi connectivity index (χ1n) is 13.9. The van der Waals surface area contributed by atoms with Gasteiger partial charge in [0.1, 0.15) is 17.8 Å². The molecular weight excluding hydrogens is 525 g/mol. The maximum Gasteiger partial charge on any atom is 0.416 e. The number of nitrogens with one attached hydrogen (secondary N) is 1. The lowest BCUT2D eigenvalue weighted by Gasteiger charge is -2.38. The number of methoxy groups -OCH3 is 1. The molecule has 2 unspecified atom stereocenters. The van der Waals surface area contributed by atoms with Crippen molar-refractivity contribution in [3.63, 3.8) is 0 Å². The van der Waals surface area contributed by atoms with Crippen molar-refractivity contribution < 1.29 is 27.4 Å². The maximum absolute atomic E-state index is 13.5. The van der Waals surface area contributed by atoms with Crippen molar-refractivity contribution >= 4 is 17.4 Å². The van der Waals surface area contributed by atoms with Crippen LogP contribution in [0.15, 0.2) is 30.6 Å². The first-order valence-corrected chi connectivity index (χ1v) is 13.9. The van der Waals surface area contributed by atoms with Crippen LogP contribution in [0.5, 0.6) is 0 Å². The Morgan fingerprint density at radius 2 is 1.68 bits per heavy atom. The molecule has 3 saturated heterocycles. The molecule has 4 heterocycles. The summed E-state index contributed by atoms with van der Waals surface area (Å²) in [6.45, 7) is 7.07. The molecule has 2 atom stereocenters. The summed E-state index contributed by atoms with van der Waals surface area (Å²) in [5.41, 5.74) is 1.28. The van der Waals surface area contributed by atoms with Gasteiger partial charge in [-0.3, -0.25) is 4.79 Å². The van der Waals surface area contributed by atoms with E-state index in [0.717, 1.165) is 55.1 Å². The summed E-state index contributed by atoms with van der Waals surface area (Å²) >= 11 is 0. The third-order valence-electron chi connectivity index (χ3n) is 8.24. The average molecular weight is 563 g/mol. The normalized spacial score (nSPS) is 23.0. The van der Waals surface area contributed by atoms with Crippen LogP contribution in [-0.4, -0.2) is 98.6 Å². The van der Waals surface area contributed by atoms with Crippen molar-refractivity contribution in [3.05, 3.63) is 47.4 Å². The third kappa shape index (κ3) is 6.34. The molecule has 3 fully saturated rings. The zero-order chi connectivity index (χ0) is 28.3. The number of halogens is 3. The fourth-order valence-electron chi connectivity index (χ4n) is 5.85. The van der Waals surface area contributed by atoms with Gasteiger partial charge in [-0.25, -0.2) is 9.97 Å². The highest BCUT2D eigenvalue weighted by Crippen LogP contribution is 2.31. The number of piperazine rings is 1. The standard InChI is InChI=1S/C28H37F3N6O3/c1-19-25(27(38)37-10-7-21(8-11-37)34-23-9-16-40-17-24(23)39-2)32-18-33-26(19)36-14-12-35(13-15-36)22-5-3-20(4-6-22)28(29,30)31/h3-6,18,21,23-24,34H,7-17H2,1-2H3. The molecule has 218 valence electrons. The number of piperidine rings is 1. The Morgan fingerprint density at radius 3 is 2.33 bits per heavy atom. The second-order valence-corrected chi connectivity index (χ2v) is 10.7. The Morgan fingerprint density at radius 1 is 1.00 bits per heavy atom. The number of likely N-dealkylation sites (tertiary alicyclic amines) is 1. The van der Waals surface area contributed by atoms with Crippen LogP contribution in [0.4, 0.5) is 24.7 Å². The molecule has 3 aliphatic heterocycles. The van der Waals surface area contributed by atoms with Gasteiger partial charge in [-0.15, -0.1) is 0 Å². The number of rotatable bonds is 6. The van der Waals surface area contributed by atoms with E-state index in [-0.39, 0.29) is 18.1 Å². The van der Waals surface area contributed by atoms with Gasteiger partial charge in [0.15, 0.2) is 0 Å². The molecular formula is C28H37F3N6O3. The Labute approximate surface area is 232 Å². The summed E-state index contributed by atoms with van der Waals surface area (Å²) in [6.07, 6.45) is -0.207. The van der Waals surface area contributed by atoms with Gasteiger partial charge in [-0.05, 0) is 50.5 Å². The van der Waals surface area contributed by atoms with E-state index in [1.807, 2.05) is 11.8 Å². The van der Waals surface area contributed by atoms with E-state index < -0.39 is 11.7 Å². The Balaban J connectivity index is 1.16. The number of aromatic nitrogens is 2.